The van der Waals surface area contributed by atoms with Gasteiger partial charge in [-0.3, -0.25) is 5.10 Å². The maximum atomic E-state index is 5.33. The van der Waals surface area contributed by atoms with Gasteiger partial charge in [-0.05, 0) is 49.5 Å². The predicted octanol–water partition coefficient (Wildman–Crippen LogP) is 3.76. The van der Waals surface area contributed by atoms with E-state index in [0.717, 1.165) is 36.1 Å². The van der Waals surface area contributed by atoms with E-state index in [9.17, 15) is 0 Å². The minimum absolute atomic E-state index is 0.452. The molecule has 0 unspecified atom stereocenters. The highest BCUT2D eigenvalue weighted by Crippen LogP contribution is 2.29. The summed E-state index contributed by atoms with van der Waals surface area (Å²) in [6.07, 6.45) is 7.05. The maximum absolute atomic E-state index is 5.33. The summed E-state index contributed by atoms with van der Waals surface area (Å²) in [5, 5.41) is 19.2. The van der Waals surface area contributed by atoms with Crippen LogP contribution in [0.15, 0.2) is 41.0 Å². The Bertz CT molecular complexity index is 1010. The largest absolute Gasteiger partial charge is 0.282 e. The van der Waals surface area contributed by atoms with Gasteiger partial charge in [0.05, 0.1) is 6.21 Å². The van der Waals surface area contributed by atoms with Gasteiger partial charge in [0.15, 0.2) is 0 Å². The Morgan fingerprint density at radius 1 is 1.20 bits per heavy atom. The molecule has 2 heterocycles. The van der Waals surface area contributed by atoms with Crippen LogP contribution < -0.4 is 0 Å². The van der Waals surface area contributed by atoms with Gasteiger partial charge in [-0.2, -0.15) is 20.0 Å². The van der Waals surface area contributed by atoms with Gasteiger partial charge in [0, 0.05) is 11.3 Å². The molecule has 4 rings (SSSR count). The van der Waals surface area contributed by atoms with Gasteiger partial charge in [-0.25, -0.2) is 5.10 Å². The molecule has 7 heteroatoms. The Hall–Kier alpha value is -2.80. The van der Waals surface area contributed by atoms with Crippen LogP contribution in [0.4, 0.5) is 0 Å². The lowest BCUT2D eigenvalue weighted by molar-refractivity contribution is 0.844. The molecule has 2 aromatic heterocycles. The fraction of sp³-hybridized carbons (Fsp3) is 0.222. The zero-order chi connectivity index (χ0) is 17.2. The number of hydrogen-bond acceptors (Lipinski definition) is 4. The molecule has 25 heavy (non-hydrogen) atoms. The molecule has 0 atom stereocenters. The van der Waals surface area contributed by atoms with Crippen LogP contribution in [0.2, 0.25) is 0 Å². The second-order valence-electron chi connectivity index (χ2n) is 6.09. The molecule has 126 valence electrons. The topological polar surface area (TPSA) is 74.7 Å². The van der Waals surface area contributed by atoms with Gasteiger partial charge >= 0.3 is 0 Å². The van der Waals surface area contributed by atoms with E-state index in [1.807, 2.05) is 25.1 Å². The number of nitrogens with zero attached hydrogens (tertiary/aromatic N) is 4. The second kappa shape index (κ2) is 6.60. The van der Waals surface area contributed by atoms with Crippen molar-refractivity contribution in [3.63, 3.8) is 0 Å². The van der Waals surface area contributed by atoms with Gasteiger partial charge in [-0.15, -0.1) is 0 Å². The van der Waals surface area contributed by atoms with Crippen molar-refractivity contribution in [3.05, 3.63) is 57.5 Å². The first kappa shape index (κ1) is 15.7. The van der Waals surface area contributed by atoms with Crippen molar-refractivity contribution in [3.8, 4) is 11.5 Å². The van der Waals surface area contributed by atoms with E-state index in [4.69, 9.17) is 12.2 Å². The molecule has 0 spiro atoms. The summed E-state index contributed by atoms with van der Waals surface area (Å²) in [5.41, 5.74) is 5.41. The molecule has 2 N–H and O–H groups in total. The first-order chi connectivity index (χ1) is 12.2. The third kappa shape index (κ3) is 3.10. The van der Waals surface area contributed by atoms with Crippen LogP contribution in [0.25, 0.3) is 17.6 Å². The molecule has 0 amide bonds. The quantitative estimate of drug-likeness (QED) is 0.556. The molecule has 0 fully saturated rings. The number of rotatable bonds is 4. The molecule has 0 saturated heterocycles. The molecule has 0 bridgehead atoms. The summed E-state index contributed by atoms with van der Waals surface area (Å²) >= 11 is 5.33. The van der Waals surface area contributed by atoms with Crippen LogP contribution in [0.3, 0.4) is 0 Å². The highest BCUT2D eigenvalue weighted by Gasteiger charge is 2.23. The Morgan fingerprint density at radius 2 is 2.04 bits per heavy atom. The molecule has 3 aromatic rings. The monoisotopic (exact) mass is 350 g/mol. The Balaban J connectivity index is 1.66. The average molecular weight is 350 g/mol. The van der Waals surface area contributed by atoms with Crippen molar-refractivity contribution in [2.24, 2.45) is 5.10 Å². The smallest absolute Gasteiger partial charge is 0.216 e. The van der Waals surface area contributed by atoms with Gasteiger partial charge in [0.2, 0.25) is 10.6 Å². The van der Waals surface area contributed by atoms with E-state index in [-0.39, 0.29) is 0 Å². The molecule has 1 aliphatic rings. The van der Waals surface area contributed by atoms with Crippen LogP contribution in [0.1, 0.15) is 30.2 Å². The number of benzene rings is 1. The Kier molecular flexibility index (Phi) is 4.15. The van der Waals surface area contributed by atoms with E-state index in [2.05, 4.69) is 43.7 Å². The molecule has 1 aromatic carbocycles. The number of aryl methyl sites for hydroxylation is 1. The van der Waals surface area contributed by atoms with E-state index >= 15 is 0 Å². The van der Waals surface area contributed by atoms with E-state index in [1.165, 1.54) is 11.3 Å². The Labute approximate surface area is 150 Å². The van der Waals surface area contributed by atoms with Crippen LogP contribution in [-0.4, -0.2) is 31.3 Å². The second-order valence-corrected chi connectivity index (χ2v) is 6.48. The molecule has 0 aliphatic heterocycles. The number of aromatic amines is 2. The normalized spacial score (nSPS) is 14.4. The Morgan fingerprint density at radius 3 is 2.88 bits per heavy atom. The molecular formula is C18H18N6S. The summed E-state index contributed by atoms with van der Waals surface area (Å²) in [6, 6.07) is 10.1. The van der Waals surface area contributed by atoms with E-state index < -0.39 is 0 Å². The van der Waals surface area contributed by atoms with Crippen LogP contribution >= 0.6 is 12.2 Å². The summed E-state index contributed by atoms with van der Waals surface area (Å²) in [7, 11) is 0. The third-order valence-corrected chi connectivity index (χ3v) is 4.50. The zero-order valence-corrected chi connectivity index (χ0v) is 14.7. The van der Waals surface area contributed by atoms with Crippen molar-refractivity contribution < 1.29 is 0 Å². The van der Waals surface area contributed by atoms with Gasteiger partial charge in [0.1, 0.15) is 5.69 Å². The van der Waals surface area contributed by atoms with E-state index in [1.54, 1.807) is 10.9 Å². The summed E-state index contributed by atoms with van der Waals surface area (Å²) in [4.78, 5) is 0. The van der Waals surface area contributed by atoms with Gasteiger partial charge in [0.25, 0.3) is 0 Å². The predicted molar refractivity (Wildman–Crippen MR) is 101 cm³/mol. The molecule has 1 aliphatic carbocycles. The van der Waals surface area contributed by atoms with Crippen LogP contribution in [0, 0.1) is 4.77 Å². The number of nitrogens with one attached hydrogen (secondary N) is 2. The lowest BCUT2D eigenvalue weighted by Gasteiger charge is -2.00. The van der Waals surface area contributed by atoms with Gasteiger partial charge in [-0.1, -0.05) is 36.4 Å². The number of aromatic nitrogens is 5. The third-order valence-electron chi connectivity index (χ3n) is 4.24. The minimum atomic E-state index is 0.452. The molecule has 0 saturated carbocycles. The standard InChI is InChI=1S/C18H18N6S/c1-12(10-13-6-3-2-4-7-13)11-19-24-17(22-23-18(24)25)16-14-8-5-9-15(14)20-21-16/h2-4,6-7,10-11H,5,8-9H2,1H3,(H,20,21)(H,23,25)/b12-10?,19-11+. The fourth-order valence-corrected chi connectivity index (χ4v) is 3.23. The number of fused-ring (bicyclic) bond motifs is 1. The molecule has 0 radical (unpaired) electrons. The van der Waals surface area contributed by atoms with Crippen molar-refractivity contribution >= 4 is 24.5 Å². The lowest BCUT2D eigenvalue weighted by Crippen LogP contribution is -1.97. The fourth-order valence-electron chi connectivity index (χ4n) is 3.05. The SMILES string of the molecule is CC(=Cc1ccccc1)/C=N/n1c(-c2n[nH]c3c2CCC3)n[nH]c1=S. The van der Waals surface area contributed by atoms with E-state index in [0.29, 0.717) is 10.6 Å². The van der Waals surface area contributed by atoms with Crippen molar-refractivity contribution in [1.82, 2.24) is 25.1 Å². The van der Waals surface area contributed by atoms with Crippen molar-refractivity contribution in [2.75, 3.05) is 0 Å². The van der Waals surface area contributed by atoms with Crippen LogP contribution in [0.5, 0.6) is 0 Å². The summed E-state index contributed by atoms with van der Waals surface area (Å²) in [6.45, 7) is 2.01. The number of hydrogen-bond donors (Lipinski definition) is 2. The number of H-pyrrole nitrogens is 2. The molecular weight excluding hydrogens is 332 g/mol. The highest BCUT2D eigenvalue weighted by molar-refractivity contribution is 7.71. The maximum Gasteiger partial charge on any atom is 0.216 e. The van der Waals surface area contributed by atoms with Crippen LogP contribution in [-0.2, 0) is 12.8 Å². The number of allylic oxidation sites excluding steroid dienone is 1. The molecule has 6 nitrogen and oxygen atoms in total. The van der Waals surface area contributed by atoms with Gasteiger partial charge < -0.3 is 0 Å². The summed E-state index contributed by atoms with van der Waals surface area (Å²) < 4.78 is 2.08. The summed E-state index contributed by atoms with van der Waals surface area (Å²) in [5.74, 6) is 0.646. The van der Waals surface area contributed by atoms with Crippen molar-refractivity contribution in [2.45, 2.75) is 26.2 Å². The highest BCUT2D eigenvalue weighted by atomic mass is 32.1. The average Bonchev–Trinajstić information content (AvgIpc) is 3.30. The first-order valence-corrected chi connectivity index (χ1v) is 8.65. The minimum Gasteiger partial charge on any atom is -0.282 e. The lowest BCUT2D eigenvalue weighted by atomic mass is 10.1. The van der Waals surface area contributed by atoms with Crippen molar-refractivity contribution in [1.29, 1.82) is 0 Å². The zero-order valence-electron chi connectivity index (χ0n) is 13.9. The first-order valence-electron chi connectivity index (χ1n) is 8.24.